The molecule has 13 atom stereocenters. The van der Waals surface area contributed by atoms with E-state index in [-0.39, 0.29) is 31.7 Å². The zero-order chi connectivity index (χ0) is 42.0. The lowest BCUT2D eigenvalue weighted by Crippen LogP contribution is -2.61. The molecule has 5 rings (SSSR count). The second kappa shape index (κ2) is 17.3. The van der Waals surface area contributed by atoms with Crippen LogP contribution in [0.2, 0.25) is 0 Å². The summed E-state index contributed by atoms with van der Waals surface area (Å²) in [5.41, 5.74) is 0.386. The number of ether oxygens (including phenoxy) is 5. The molecular weight excluding hydrogens is 745 g/mol. The standard InChI is InChI=1S/C39H56FN7O10/c1-10-27-39(8)30(46(36(52)57-39)17-13-14-18-47-33(43-44-45-47)26-15-11-12-16-42-26)23(4)28(48)21(2)20-37(6,53-9)32(24(5)31(50)38(7,40)35(51)55-27)56-34-29(49)25(41)19-22(3)54-34/h11-16,21-25,27,29-30,32,34,49H,10,17-20,41H2,1-9H3/b14-13+/t21-,22-,23+,24+,25?,27-,29?,30-,32-,34+,37-,38+,39-/m1/s1. The number of aliphatic hydroxyl groups is 1. The molecule has 18 heteroatoms. The number of tetrazole rings is 1. The van der Waals surface area contributed by atoms with Gasteiger partial charge in [0.25, 0.3) is 5.67 Å². The predicted molar refractivity (Wildman–Crippen MR) is 201 cm³/mol. The van der Waals surface area contributed by atoms with Gasteiger partial charge in [0.05, 0.1) is 30.4 Å². The first-order valence-electron chi connectivity index (χ1n) is 19.4. The van der Waals surface area contributed by atoms with E-state index in [1.54, 1.807) is 72.0 Å². The number of carbonyl (C=O) groups excluding carboxylic acids is 4. The molecule has 0 spiro atoms. The molecule has 17 nitrogen and oxygen atoms in total. The van der Waals surface area contributed by atoms with Crippen molar-refractivity contribution in [2.75, 3.05) is 13.7 Å². The number of hydrogen-bond donors (Lipinski definition) is 2. The molecule has 3 N–H and O–H groups in total. The summed E-state index contributed by atoms with van der Waals surface area (Å²) in [5.74, 6) is -5.65. The van der Waals surface area contributed by atoms with Crippen molar-refractivity contribution in [2.24, 2.45) is 23.5 Å². The lowest BCUT2D eigenvalue weighted by atomic mass is 9.73. The van der Waals surface area contributed by atoms with Crippen LogP contribution in [-0.2, 0) is 44.6 Å². The molecule has 314 valence electrons. The number of halogens is 1. The van der Waals surface area contributed by atoms with Gasteiger partial charge < -0.3 is 34.5 Å². The number of aromatic nitrogens is 5. The van der Waals surface area contributed by atoms with E-state index >= 15 is 4.39 Å². The van der Waals surface area contributed by atoms with Crippen LogP contribution in [0.1, 0.15) is 74.7 Å². The lowest BCUT2D eigenvalue weighted by molar-refractivity contribution is -0.288. The number of fused-ring (bicyclic) bond motifs is 1. The summed E-state index contributed by atoms with van der Waals surface area (Å²) >= 11 is 0. The summed E-state index contributed by atoms with van der Waals surface area (Å²) in [6.45, 7) is 12.3. The Hall–Kier alpha value is -4.23. The van der Waals surface area contributed by atoms with Crippen LogP contribution in [0.4, 0.5) is 9.18 Å². The summed E-state index contributed by atoms with van der Waals surface area (Å²) in [6, 6.07) is 3.62. The number of amides is 1. The van der Waals surface area contributed by atoms with Gasteiger partial charge in [-0.15, -0.1) is 5.10 Å². The fourth-order valence-electron chi connectivity index (χ4n) is 8.59. The van der Waals surface area contributed by atoms with Gasteiger partial charge in [0.1, 0.15) is 23.7 Å². The third-order valence-electron chi connectivity index (χ3n) is 11.8. The summed E-state index contributed by atoms with van der Waals surface area (Å²) in [5, 5.41) is 22.8. The van der Waals surface area contributed by atoms with Crippen molar-refractivity contribution in [1.29, 1.82) is 0 Å². The Bertz CT molecular complexity index is 1800. The number of esters is 1. The molecule has 3 saturated heterocycles. The van der Waals surface area contributed by atoms with Crippen LogP contribution < -0.4 is 5.73 Å². The normalized spacial score (nSPS) is 38.5. The number of hydrogen-bond acceptors (Lipinski definition) is 15. The van der Waals surface area contributed by atoms with Crippen molar-refractivity contribution in [3.8, 4) is 11.5 Å². The fourth-order valence-corrected chi connectivity index (χ4v) is 8.59. The van der Waals surface area contributed by atoms with Crippen LogP contribution in [0.5, 0.6) is 0 Å². The van der Waals surface area contributed by atoms with E-state index in [1.807, 2.05) is 6.07 Å². The number of allylic oxidation sites excluding steroid dienone is 1. The Morgan fingerprint density at radius 2 is 1.77 bits per heavy atom. The third-order valence-corrected chi connectivity index (χ3v) is 11.8. The summed E-state index contributed by atoms with van der Waals surface area (Å²) in [6.07, 6.45) is -1.07. The van der Waals surface area contributed by atoms with Crippen LogP contribution in [0, 0.1) is 17.8 Å². The molecule has 0 saturated carbocycles. The van der Waals surface area contributed by atoms with Crippen LogP contribution in [0.3, 0.4) is 0 Å². The smallest absolute Gasteiger partial charge is 0.411 e. The molecule has 0 radical (unpaired) electrons. The first-order chi connectivity index (χ1) is 26.8. The minimum absolute atomic E-state index is 0.0245. The van der Waals surface area contributed by atoms with E-state index in [0.29, 0.717) is 17.9 Å². The number of nitrogens with zero attached hydrogens (tertiary/aromatic N) is 6. The predicted octanol–water partition coefficient (Wildman–Crippen LogP) is 2.98. The molecule has 2 aromatic rings. The van der Waals surface area contributed by atoms with Crippen LogP contribution in [0.25, 0.3) is 11.5 Å². The topological polar surface area (TPSA) is 220 Å². The maximum absolute atomic E-state index is 16.8. The van der Waals surface area contributed by atoms with Gasteiger partial charge in [-0.2, -0.15) is 0 Å². The van der Waals surface area contributed by atoms with Crippen molar-refractivity contribution >= 4 is 23.6 Å². The largest absolute Gasteiger partial charge is 0.455 e. The van der Waals surface area contributed by atoms with Gasteiger partial charge in [-0.1, -0.05) is 45.9 Å². The zero-order valence-corrected chi connectivity index (χ0v) is 34.0. The van der Waals surface area contributed by atoms with Crippen molar-refractivity contribution < 1.29 is 52.4 Å². The number of pyridine rings is 1. The molecule has 2 unspecified atom stereocenters. The van der Waals surface area contributed by atoms with Crippen LogP contribution in [-0.4, -0.2) is 132 Å². The van der Waals surface area contributed by atoms with Gasteiger partial charge in [-0.05, 0) is 69.5 Å². The van der Waals surface area contributed by atoms with Crippen LogP contribution >= 0.6 is 0 Å². The molecule has 1 amide bonds. The maximum atomic E-state index is 16.8. The second-order valence-corrected chi connectivity index (χ2v) is 16.1. The average Bonchev–Trinajstić information content (AvgIpc) is 3.75. The van der Waals surface area contributed by atoms with E-state index < -0.39 is 95.3 Å². The number of alkyl halides is 1. The molecule has 0 aliphatic carbocycles. The van der Waals surface area contributed by atoms with Crippen molar-refractivity contribution in [3.63, 3.8) is 0 Å². The molecule has 0 bridgehead atoms. The first kappa shape index (κ1) is 43.9. The van der Waals surface area contributed by atoms with E-state index in [1.165, 1.54) is 23.6 Å². The number of nitrogens with two attached hydrogens (primary N) is 1. The summed E-state index contributed by atoms with van der Waals surface area (Å²) in [4.78, 5) is 62.0. The van der Waals surface area contributed by atoms with E-state index in [4.69, 9.17) is 29.4 Å². The first-order valence-corrected chi connectivity index (χ1v) is 19.4. The number of methoxy groups -OCH3 is 1. The highest BCUT2D eigenvalue weighted by Crippen LogP contribution is 2.43. The SMILES string of the molecule is CC[C@H]1OC(=O)[C@@](C)(F)C(=O)[C@H](C)[C@@H](O[C@@H]2O[C@H](C)CC(N)C2O)[C@](C)(OC)C[C@@H](C)C(=O)[C@H](C)[C@H]2N(C/C=C/Cn3nnnc3-c3ccccn3)C(=O)O[C@]12C. The number of carbonyl (C=O) groups is 4. The van der Waals surface area contributed by atoms with E-state index in [0.717, 1.165) is 6.92 Å². The molecule has 0 aromatic carbocycles. The number of rotatable bonds is 9. The van der Waals surface area contributed by atoms with E-state index in [9.17, 15) is 24.3 Å². The number of ketones is 2. The van der Waals surface area contributed by atoms with Gasteiger partial charge in [-0.3, -0.25) is 19.5 Å². The Balaban J connectivity index is 1.50. The molecule has 3 fully saturated rings. The van der Waals surface area contributed by atoms with Crippen molar-refractivity contribution in [2.45, 2.75) is 141 Å². The van der Waals surface area contributed by atoms with Gasteiger partial charge in [0.2, 0.25) is 5.82 Å². The minimum atomic E-state index is -3.21. The zero-order valence-electron chi connectivity index (χ0n) is 34.0. The monoisotopic (exact) mass is 801 g/mol. The van der Waals surface area contributed by atoms with Crippen molar-refractivity contribution in [3.05, 3.63) is 36.5 Å². The number of cyclic esters (lactones) is 1. The van der Waals surface area contributed by atoms with E-state index in [2.05, 4.69) is 20.5 Å². The highest BCUT2D eigenvalue weighted by molar-refractivity contribution is 6.08. The van der Waals surface area contributed by atoms with Gasteiger partial charge in [0, 0.05) is 43.6 Å². The third kappa shape index (κ3) is 8.65. The Morgan fingerprint density at radius 3 is 2.42 bits per heavy atom. The summed E-state index contributed by atoms with van der Waals surface area (Å²) in [7, 11) is 1.36. The molecule has 3 aliphatic heterocycles. The Kier molecular flexibility index (Phi) is 13.3. The van der Waals surface area contributed by atoms with Gasteiger partial charge in [0.15, 0.2) is 17.7 Å². The van der Waals surface area contributed by atoms with Crippen molar-refractivity contribution in [1.82, 2.24) is 30.1 Å². The second-order valence-electron chi connectivity index (χ2n) is 16.1. The van der Waals surface area contributed by atoms with Crippen LogP contribution in [0.15, 0.2) is 36.5 Å². The average molecular weight is 802 g/mol. The quantitative estimate of drug-likeness (QED) is 0.212. The Labute approximate surface area is 331 Å². The molecule has 2 aromatic heterocycles. The number of aliphatic hydroxyl groups excluding tert-OH is 1. The summed E-state index contributed by atoms with van der Waals surface area (Å²) < 4.78 is 48.3. The molecule has 5 heterocycles. The molecule has 3 aliphatic rings. The lowest BCUT2D eigenvalue weighted by Gasteiger charge is -2.46. The minimum Gasteiger partial charge on any atom is -0.455 e. The van der Waals surface area contributed by atoms with Gasteiger partial charge in [-0.25, -0.2) is 18.7 Å². The number of Topliss-reactive ketones (excluding diaryl/α,β-unsaturated/α-hetero) is 2. The highest BCUT2D eigenvalue weighted by Gasteiger charge is 2.61. The molecule has 57 heavy (non-hydrogen) atoms. The highest BCUT2D eigenvalue weighted by atomic mass is 19.1. The Morgan fingerprint density at radius 1 is 1.07 bits per heavy atom. The van der Waals surface area contributed by atoms with Gasteiger partial charge >= 0.3 is 12.1 Å². The maximum Gasteiger partial charge on any atom is 0.411 e. The fraction of sp³-hybridized carbons (Fsp3) is 0.692. The molecular formula is C39H56FN7O10.